The van der Waals surface area contributed by atoms with E-state index >= 15 is 0 Å². The fourth-order valence-corrected chi connectivity index (χ4v) is 3.72. The fourth-order valence-electron chi connectivity index (χ4n) is 3.06. The minimum atomic E-state index is -0.285. The van der Waals surface area contributed by atoms with Crippen LogP contribution in [0.2, 0.25) is 0 Å². The molecule has 1 N–H and O–H groups in total. The third kappa shape index (κ3) is 3.92. The monoisotopic (exact) mass is 432 g/mol. The van der Waals surface area contributed by atoms with Crippen LogP contribution in [0.5, 0.6) is 5.75 Å². The highest BCUT2D eigenvalue weighted by Gasteiger charge is 2.15. The van der Waals surface area contributed by atoms with Crippen molar-refractivity contribution in [1.29, 1.82) is 0 Å². The molecule has 5 rings (SSSR count). The van der Waals surface area contributed by atoms with E-state index in [2.05, 4.69) is 25.3 Å². The summed E-state index contributed by atoms with van der Waals surface area (Å²) in [4.78, 5) is 19.8. The lowest BCUT2D eigenvalue weighted by atomic mass is 10.1. The van der Waals surface area contributed by atoms with Gasteiger partial charge in [-0.25, -0.2) is 9.67 Å². The van der Waals surface area contributed by atoms with E-state index < -0.39 is 0 Å². The predicted octanol–water partition coefficient (Wildman–Crippen LogP) is 3.24. The first kappa shape index (κ1) is 19.1. The number of hydrogen-bond acceptors (Lipinski definition) is 8. The van der Waals surface area contributed by atoms with Gasteiger partial charge in [0.2, 0.25) is 5.89 Å². The molecule has 10 heteroatoms. The van der Waals surface area contributed by atoms with E-state index in [1.165, 1.54) is 6.20 Å². The molecule has 3 heterocycles. The lowest BCUT2D eigenvalue weighted by Gasteiger charge is -2.03. The number of para-hydroxylation sites is 1. The highest BCUT2D eigenvalue weighted by Crippen LogP contribution is 2.25. The van der Waals surface area contributed by atoms with Crippen LogP contribution in [0.15, 0.2) is 80.4 Å². The van der Waals surface area contributed by atoms with Crippen LogP contribution in [-0.4, -0.2) is 37.1 Å². The van der Waals surface area contributed by atoms with Gasteiger partial charge in [-0.3, -0.25) is 4.79 Å². The van der Waals surface area contributed by atoms with E-state index in [0.29, 0.717) is 28.5 Å². The van der Waals surface area contributed by atoms with E-state index in [1.807, 2.05) is 54.6 Å². The molecule has 0 bridgehead atoms. The van der Waals surface area contributed by atoms with E-state index in [4.69, 9.17) is 9.15 Å². The fraction of sp³-hybridized carbons (Fsp3) is 0.0952. The Labute approximate surface area is 180 Å². The van der Waals surface area contributed by atoms with Crippen molar-refractivity contribution in [2.24, 2.45) is 0 Å². The zero-order valence-corrected chi connectivity index (χ0v) is 17.2. The van der Waals surface area contributed by atoms with Crippen molar-refractivity contribution in [3.8, 4) is 11.4 Å². The minimum Gasteiger partial charge on any atom is -0.497 e. The molecule has 0 aliphatic heterocycles. The maximum atomic E-state index is 12.5. The number of benzene rings is 2. The van der Waals surface area contributed by atoms with Crippen molar-refractivity contribution in [1.82, 2.24) is 29.9 Å². The third-order valence-corrected chi connectivity index (χ3v) is 5.29. The van der Waals surface area contributed by atoms with Gasteiger partial charge in [0.15, 0.2) is 10.8 Å². The Kier molecular flexibility index (Phi) is 4.97. The average Bonchev–Trinajstić information content (AvgIpc) is 3.42. The molecule has 0 radical (unpaired) electrons. The molecule has 31 heavy (non-hydrogen) atoms. The summed E-state index contributed by atoms with van der Waals surface area (Å²) < 4.78 is 12.5. The maximum Gasteiger partial charge on any atom is 0.284 e. The molecule has 0 saturated heterocycles. The van der Waals surface area contributed by atoms with Gasteiger partial charge in [0, 0.05) is 11.8 Å². The molecule has 154 valence electrons. The first-order valence-electron chi connectivity index (χ1n) is 9.36. The highest BCUT2D eigenvalue weighted by molar-refractivity contribution is 7.98. The number of nitrogens with one attached hydrogen (secondary N) is 1. The first-order valence-corrected chi connectivity index (χ1v) is 10.2. The number of hydrogen-bond donors (Lipinski definition) is 1. The SMILES string of the molecule is COc1ccc(Cc2nnc(Sc3nc4c(cnn4-c4ccccc4)c(=O)[nH]3)o2)cc1. The molecule has 9 nitrogen and oxygen atoms in total. The van der Waals surface area contributed by atoms with Crippen molar-refractivity contribution in [2.45, 2.75) is 16.8 Å². The number of rotatable bonds is 6. The molecular weight excluding hydrogens is 416 g/mol. The molecule has 0 aliphatic carbocycles. The van der Waals surface area contributed by atoms with Crippen LogP contribution in [0.3, 0.4) is 0 Å². The normalized spacial score (nSPS) is 11.1. The number of nitrogens with zero attached hydrogens (tertiary/aromatic N) is 5. The van der Waals surface area contributed by atoms with E-state index in [9.17, 15) is 4.79 Å². The number of aromatic nitrogens is 6. The molecule has 0 spiro atoms. The second kappa shape index (κ2) is 8.07. The molecule has 0 amide bonds. The number of methoxy groups -OCH3 is 1. The van der Waals surface area contributed by atoms with Crippen LogP contribution >= 0.6 is 11.8 Å². The summed E-state index contributed by atoms with van der Waals surface area (Å²) in [6.45, 7) is 0. The van der Waals surface area contributed by atoms with Gasteiger partial charge in [0.1, 0.15) is 11.1 Å². The van der Waals surface area contributed by atoms with Gasteiger partial charge in [-0.1, -0.05) is 30.3 Å². The summed E-state index contributed by atoms with van der Waals surface area (Å²) in [5, 5.41) is 13.5. The van der Waals surface area contributed by atoms with Gasteiger partial charge >= 0.3 is 0 Å². The highest BCUT2D eigenvalue weighted by atomic mass is 32.2. The maximum absolute atomic E-state index is 12.5. The van der Waals surface area contributed by atoms with Crippen LogP contribution in [0.25, 0.3) is 16.7 Å². The third-order valence-electron chi connectivity index (χ3n) is 4.56. The lowest BCUT2D eigenvalue weighted by Crippen LogP contribution is -2.09. The van der Waals surface area contributed by atoms with Crippen molar-refractivity contribution in [2.75, 3.05) is 7.11 Å². The summed E-state index contributed by atoms with van der Waals surface area (Å²) in [7, 11) is 1.62. The number of ether oxygens (including phenoxy) is 1. The van der Waals surface area contributed by atoms with Crippen LogP contribution in [-0.2, 0) is 6.42 Å². The van der Waals surface area contributed by atoms with E-state index in [0.717, 1.165) is 28.8 Å². The van der Waals surface area contributed by atoms with Crippen molar-refractivity contribution in [3.05, 3.63) is 82.6 Å². The van der Waals surface area contributed by atoms with Gasteiger partial charge < -0.3 is 14.1 Å². The summed E-state index contributed by atoms with van der Waals surface area (Å²) in [5.41, 5.74) is 2.00. The minimum absolute atomic E-state index is 0.285. The zero-order valence-electron chi connectivity index (χ0n) is 16.3. The Morgan fingerprint density at radius 2 is 1.90 bits per heavy atom. The Bertz CT molecular complexity index is 1390. The van der Waals surface area contributed by atoms with Crippen molar-refractivity contribution < 1.29 is 9.15 Å². The molecule has 0 atom stereocenters. The summed E-state index contributed by atoms with van der Waals surface area (Å²) in [5.74, 6) is 1.25. The molecule has 0 fully saturated rings. The van der Waals surface area contributed by atoms with Gasteiger partial charge in [0.25, 0.3) is 10.8 Å². The van der Waals surface area contributed by atoms with Gasteiger partial charge in [-0.2, -0.15) is 5.10 Å². The van der Waals surface area contributed by atoms with Crippen LogP contribution in [0.4, 0.5) is 0 Å². The number of fused-ring (bicyclic) bond motifs is 1. The Balaban J connectivity index is 1.40. The molecule has 0 unspecified atom stereocenters. The summed E-state index contributed by atoms with van der Waals surface area (Å²) in [6.07, 6.45) is 1.99. The molecule has 5 aromatic rings. The summed E-state index contributed by atoms with van der Waals surface area (Å²) >= 11 is 1.09. The predicted molar refractivity (Wildman–Crippen MR) is 114 cm³/mol. The standard InChI is InChI=1S/C21H16N6O3S/c1-29-15-9-7-13(8-10-15)11-17-25-26-21(30-17)31-20-23-18-16(19(28)24-20)12-22-27(18)14-5-3-2-4-6-14/h2-10,12H,11H2,1H3,(H,23,24,28). The molecular formula is C21H16N6O3S. The van der Waals surface area contributed by atoms with Crippen molar-refractivity contribution >= 4 is 22.8 Å². The van der Waals surface area contributed by atoms with Gasteiger partial charge in [-0.05, 0) is 29.8 Å². The molecule has 2 aromatic carbocycles. The lowest BCUT2D eigenvalue weighted by molar-refractivity contribution is 0.413. The van der Waals surface area contributed by atoms with Gasteiger partial charge in [-0.15, -0.1) is 10.2 Å². The van der Waals surface area contributed by atoms with E-state index in [-0.39, 0.29) is 10.8 Å². The topological polar surface area (TPSA) is 112 Å². The van der Waals surface area contributed by atoms with Crippen LogP contribution in [0.1, 0.15) is 11.5 Å². The molecule has 0 saturated carbocycles. The second-order valence-electron chi connectivity index (χ2n) is 6.59. The van der Waals surface area contributed by atoms with Crippen LogP contribution < -0.4 is 10.3 Å². The first-order chi connectivity index (χ1) is 15.2. The largest absolute Gasteiger partial charge is 0.497 e. The molecule has 3 aromatic heterocycles. The quantitative estimate of drug-likeness (QED) is 0.407. The zero-order chi connectivity index (χ0) is 21.2. The van der Waals surface area contributed by atoms with E-state index in [1.54, 1.807) is 11.8 Å². The summed E-state index contributed by atoms with van der Waals surface area (Å²) in [6, 6.07) is 17.1. The van der Waals surface area contributed by atoms with Gasteiger partial charge in [0.05, 0.1) is 25.4 Å². The van der Waals surface area contributed by atoms with Crippen molar-refractivity contribution in [3.63, 3.8) is 0 Å². The Morgan fingerprint density at radius 1 is 1.10 bits per heavy atom. The number of aromatic amines is 1. The number of H-pyrrole nitrogens is 1. The van der Waals surface area contributed by atoms with Crippen LogP contribution in [0, 0.1) is 0 Å². The smallest absolute Gasteiger partial charge is 0.284 e. The average molecular weight is 432 g/mol. The molecule has 0 aliphatic rings. The Morgan fingerprint density at radius 3 is 2.68 bits per heavy atom. The Hall–Kier alpha value is -3.92. The second-order valence-corrected chi connectivity index (χ2v) is 7.53.